The van der Waals surface area contributed by atoms with E-state index in [0.29, 0.717) is 16.5 Å². The zero-order chi connectivity index (χ0) is 23.5. The van der Waals surface area contributed by atoms with Gasteiger partial charge in [0.2, 0.25) is 10.0 Å². The lowest BCUT2D eigenvalue weighted by Crippen LogP contribution is -2.48. The van der Waals surface area contributed by atoms with Crippen LogP contribution in [-0.2, 0) is 24.3 Å². The number of carbonyl (C=O) groups is 3. The summed E-state index contributed by atoms with van der Waals surface area (Å²) in [5, 5.41) is 12.8. The average Bonchev–Trinajstić information content (AvgIpc) is 2.75. The molecule has 1 heterocycles. The number of aliphatic hydroxyl groups is 1. The first-order valence-electron chi connectivity index (χ1n) is 9.29. The molecule has 1 amide bonds. The van der Waals surface area contributed by atoms with E-state index in [2.05, 4.69) is 10.0 Å². The standard InChI is InChI=1S/C20H19ClN2O8S/c1-11(24)19(23-32(28,29)14-5-3-13(21)4-6-14)20(27)31-9-16(25)12-2-7-17-15(8-12)22-18(26)10-30-17/h2-8,11,19,23-24H,9-10H2,1H3,(H,22,26)/t11-,19-/m0/s1. The highest BCUT2D eigenvalue weighted by Crippen LogP contribution is 2.28. The Morgan fingerprint density at radius 2 is 1.94 bits per heavy atom. The smallest absolute Gasteiger partial charge is 0.327 e. The van der Waals surface area contributed by atoms with Crippen LogP contribution in [0.1, 0.15) is 17.3 Å². The number of Topliss-reactive ketones (excluding diaryl/α,β-unsaturated/α-hetero) is 1. The molecule has 12 heteroatoms. The van der Waals surface area contributed by atoms with E-state index in [-0.39, 0.29) is 23.0 Å². The molecule has 2 atom stereocenters. The van der Waals surface area contributed by atoms with E-state index in [1.807, 2.05) is 0 Å². The van der Waals surface area contributed by atoms with E-state index in [1.165, 1.54) is 49.4 Å². The number of amides is 1. The van der Waals surface area contributed by atoms with Crippen molar-refractivity contribution in [3.63, 3.8) is 0 Å². The first kappa shape index (κ1) is 23.7. The van der Waals surface area contributed by atoms with Crippen molar-refractivity contribution in [1.82, 2.24) is 4.72 Å². The van der Waals surface area contributed by atoms with Crippen LogP contribution < -0.4 is 14.8 Å². The Kier molecular flexibility index (Phi) is 7.14. The second kappa shape index (κ2) is 9.65. The van der Waals surface area contributed by atoms with E-state index >= 15 is 0 Å². The summed E-state index contributed by atoms with van der Waals surface area (Å²) in [6.07, 6.45) is -1.45. The highest BCUT2D eigenvalue weighted by Gasteiger charge is 2.31. The third kappa shape index (κ3) is 5.62. The molecule has 0 unspecified atom stereocenters. The van der Waals surface area contributed by atoms with E-state index < -0.39 is 40.5 Å². The van der Waals surface area contributed by atoms with Gasteiger partial charge in [-0.15, -0.1) is 0 Å². The SMILES string of the molecule is C[C@H](O)[C@H](NS(=O)(=O)c1ccc(Cl)cc1)C(=O)OCC(=O)c1ccc2c(c1)NC(=O)CO2. The summed E-state index contributed by atoms with van der Waals surface area (Å²) in [6.45, 7) is 0.354. The minimum Gasteiger partial charge on any atom is -0.482 e. The minimum atomic E-state index is -4.18. The van der Waals surface area contributed by atoms with Gasteiger partial charge in [0.05, 0.1) is 16.7 Å². The molecule has 3 N–H and O–H groups in total. The average molecular weight is 483 g/mol. The van der Waals surface area contributed by atoms with Crippen LogP contribution in [0.5, 0.6) is 5.75 Å². The first-order chi connectivity index (χ1) is 15.1. The Balaban J connectivity index is 1.66. The van der Waals surface area contributed by atoms with Crippen LogP contribution in [0, 0.1) is 0 Å². The fourth-order valence-corrected chi connectivity index (χ4v) is 4.14. The van der Waals surface area contributed by atoms with Crippen LogP contribution in [0.25, 0.3) is 0 Å². The summed E-state index contributed by atoms with van der Waals surface area (Å²) in [4.78, 5) is 36.0. The second-order valence-corrected chi connectivity index (χ2v) is 9.02. The number of anilines is 1. The number of halogens is 1. The Hall–Kier alpha value is -2.99. The molecule has 2 aromatic carbocycles. The third-order valence-corrected chi connectivity index (χ3v) is 6.13. The van der Waals surface area contributed by atoms with Gasteiger partial charge < -0.3 is 19.9 Å². The molecule has 1 aliphatic heterocycles. The number of ketones is 1. The largest absolute Gasteiger partial charge is 0.482 e. The van der Waals surface area contributed by atoms with Crippen molar-refractivity contribution in [3.05, 3.63) is 53.1 Å². The number of rotatable bonds is 8. The zero-order valence-electron chi connectivity index (χ0n) is 16.7. The van der Waals surface area contributed by atoms with Crippen molar-refractivity contribution in [2.75, 3.05) is 18.5 Å². The first-order valence-corrected chi connectivity index (χ1v) is 11.2. The number of hydrogen-bond donors (Lipinski definition) is 3. The summed E-state index contributed by atoms with van der Waals surface area (Å²) in [7, 11) is -4.18. The number of benzene rings is 2. The molecule has 0 aromatic heterocycles. The summed E-state index contributed by atoms with van der Waals surface area (Å²) >= 11 is 5.75. The maximum absolute atomic E-state index is 12.5. The lowest BCUT2D eigenvalue weighted by molar-refractivity contribution is -0.147. The van der Waals surface area contributed by atoms with Gasteiger partial charge in [-0.3, -0.25) is 14.4 Å². The van der Waals surface area contributed by atoms with E-state index in [1.54, 1.807) is 0 Å². The second-order valence-electron chi connectivity index (χ2n) is 6.87. The van der Waals surface area contributed by atoms with Crippen LogP contribution in [0.4, 0.5) is 5.69 Å². The van der Waals surface area contributed by atoms with Gasteiger partial charge in [0.25, 0.3) is 5.91 Å². The summed E-state index contributed by atoms with van der Waals surface area (Å²) in [5.74, 6) is -1.73. The van der Waals surface area contributed by atoms with Crippen molar-refractivity contribution < 1.29 is 37.4 Å². The van der Waals surface area contributed by atoms with Crippen LogP contribution in [0.2, 0.25) is 5.02 Å². The van der Waals surface area contributed by atoms with Gasteiger partial charge in [0, 0.05) is 10.6 Å². The van der Waals surface area contributed by atoms with Gasteiger partial charge in [0.15, 0.2) is 19.0 Å². The number of fused-ring (bicyclic) bond motifs is 1. The molecule has 0 bridgehead atoms. The van der Waals surface area contributed by atoms with Crippen LogP contribution in [-0.4, -0.2) is 56.5 Å². The van der Waals surface area contributed by atoms with Gasteiger partial charge >= 0.3 is 5.97 Å². The number of hydrogen-bond acceptors (Lipinski definition) is 8. The van der Waals surface area contributed by atoms with Gasteiger partial charge in [-0.25, -0.2) is 8.42 Å². The number of ether oxygens (including phenoxy) is 2. The summed E-state index contributed by atoms with van der Waals surface area (Å²) in [5.41, 5.74) is 0.439. The minimum absolute atomic E-state index is 0.134. The third-order valence-electron chi connectivity index (χ3n) is 4.42. The topological polar surface area (TPSA) is 148 Å². The molecule has 0 aliphatic carbocycles. The Bertz CT molecular complexity index is 1150. The summed E-state index contributed by atoms with van der Waals surface area (Å²) in [6, 6.07) is 7.82. The van der Waals surface area contributed by atoms with E-state index in [9.17, 15) is 27.9 Å². The molecule has 32 heavy (non-hydrogen) atoms. The van der Waals surface area contributed by atoms with Gasteiger partial charge in [0.1, 0.15) is 11.8 Å². The van der Waals surface area contributed by atoms with E-state index in [0.717, 1.165) is 0 Å². The Labute approximate surface area is 188 Å². The molecule has 10 nitrogen and oxygen atoms in total. The van der Waals surface area contributed by atoms with Gasteiger partial charge in [-0.2, -0.15) is 4.72 Å². The van der Waals surface area contributed by atoms with Crippen LogP contribution in [0.15, 0.2) is 47.4 Å². The molecule has 0 fully saturated rings. The molecule has 0 spiro atoms. The maximum Gasteiger partial charge on any atom is 0.327 e. The lowest BCUT2D eigenvalue weighted by atomic mass is 10.1. The van der Waals surface area contributed by atoms with Gasteiger partial charge in [-0.1, -0.05) is 11.6 Å². The Morgan fingerprint density at radius 3 is 2.59 bits per heavy atom. The predicted molar refractivity (Wildman–Crippen MR) is 113 cm³/mol. The normalized spacial score (nSPS) is 15.0. The molecule has 3 rings (SSSR count). The van der Waals surface area contributed by atoms with Gasteiger partial charge in [-0.05, 0) is 49.4 Å². The fourth-order valence-electron chi connectivity index (χ4n) is 2.76. The number of sulfonamides is 1. The lowest BCUT2D eigenvalue weighted by Gasteiger charge is -2.20. The molecular formula is C20H19ClN2O8S. The van der Waals surface area contributed by atoms with Crippen molar-refractivity contribution in [2.24, 2.45) is 0 Å². The monoisotopic (exact) mass is 482 g/mol. The fraction of sp³-hybridized carbons (Fsp3) is 0.250. The maximum atomic E-state index is 12.5. The molecule has 0 saturated heterocycles. The zero-order valence-corrected chi connectivity index (χ0v) is 18.3. The molecular weight excluding hydrogens is 464 g/mol. The molecule has 0 radical (unpaired) electrons. The van der Waals surface area contributed by atoms with Crippen molar-refractivity contribution in [2.45, 2.75) is 24.0 Å². The predicted octanol–water partition coefficient (Wildman–Crippen LogP) is 1.12. The number of esters is 1. The quantitative estimate of drug-likeness (QED) is 0.374. The molecule has 1 aliphatic rings. The summed E-state index contributed by atoms with van der Waals surface area (Å²) < 4.78 is 37.2. The Morgan fingerprint density at radius 1 is 1.25 bits per heavy atom. The molecule has 0 saturated carbocycles. The number of nitrogens with one attached hydrogen (secondary N) is 2. The van der Waals surface area contributed by atoms with Crippen molar-refractivity contribution in [3.8, 4) is 5.75 Å². The van der Waals surface area contributed by atoms with Crippen LogP contribution >= 0.6 is 11.6 Å². The van der Waals surface area contributed by atoms with E-state index in [4.69, 9.17) is 21.1 Å². The number of carbonyl (C=O) groups excluding carboxylic acids is 3. The van der Waals surface area contributed by atoms with Crippen molar-refractivity contribution >= 4 is 45.0 Å². The molecule has 2 aromatic rings. The number of aliphatic hydroxyl groups excluding tert-OH is 1. The van der Waals surface area contributed by atoms with Crippen molar-refractivity contribution in [1.29, 1.82) is 0 Å². The van der Waals surface area contributed by atoms with Crippen LogP contribution in [0.3, 0.4) is 0 Å². The highest BCUT2D eigenvalue weighted by atomic mass is 35.5. The highest BCUT2D eigenvalue weighted by molar-refractivity contribution is 7.89. The molecule has 170 valence electrons.